The minimum Gasteiger partial charge on any atom is -0.508 e. The lowest BCUT2D eigenvalue weighted by Gasteiger charge is -2.13. The maximum Gasteiger partial charge on any atom is 0.195 e. The van der Waals surface area contributed by atoms with Crippen molar-refractivity contribution in [2.45, 2.75) is 25.7 Å². The fourth-order valence-electron chi connectivity index (χ4n) is 2.88. The topological polar surface area (TPSA) is 49.8 Å². The van der Waals surface area contributed by atoms with Crippen LogP contribution in [0.25, 0.3) is 0 Å². The summed E-state index contributed by atoms with van der Waals surface area (Å²) < 4.78 is 19.9. The number of ether oxygens (including phenoxy) is 1. The highest BCUT2D eigenvalue weighted by molar-refractivity contribution is 6.09. The van der Waals surface area contributed by atoms with Gasteiger partial charge in [0.05, 0.1) is 12.2 Å². The predicted octanol–water partition coefficient (Wildman–Crippen LogP) is 4.82. The van der Waals surface area contributed by atoms with Crippen molar-refractivity contribution in [2.24, 2.45) is 0 Å². The molecule has 150 valence electrons. The molecule has 0 spiro atoms. The van der Waals surface area contributed by atoms with Crippen molar-refractivity contribution < 1.29 is 19.0 Å². The van der Waals surface area contributed by atoms with E-state index in [0.29, 0.717) is 17.9 Å². The third-order valence-electron chi connectivity index (χ3n) is 4.46. The van der Waals surface area contributed by atoms with E-state index in [4.69, 9.17) is 4.74 Å². The Morgan fingerprint density at radius 2 is 1.86 bits per heavy atom. The molecule has 0 saturated carbocycles. The second-order valence-corrected chi connectivity index (χ2v) is 6.83. The van der Waals surface area contributed by atoms with Gasteiger partial charge in [0.1, 0.15) is 17.3 Å². The quantitative estimate of drug-likeness (QED) is 0.323. The van der Waals surface area contributed by atoms with Crippen LogP contribution in [0.5, 0.6) is 11.5 Å². The average Bonchev–Trinajstić information content (AvgIpc) is 2.67. The van der Waals surface area contributed by atoms with Gasteiger partial charge < -0.3 is 14.7 Å². The molecule has 4 nitrogen and oxygen atoms in total. The van der Waals surface area contributed by atoms with Crippen molar-refractivity contribution >= 4 is 5.78 Å². The van der Waals surface area contributed by atoms with Gasteiger partial charge in [-0.15, -0.1) is 6.58 Å². The Labute approximate surface area is 166 Å². The molecular formula is C23H28FNO3. The first-order valence-electron chi connectivity index (χ1n) is 9.57. The van der Waals surface area contributed by atoms with Crippen LogP contribution >= 0.6 is 0 Å². The Balaban J connectivity index is 1.75. The second-order valence-electron chi connectivity index (χ2n) is 6.83. The lowest BCUT2D eigenvalue weighted by molar-refractivity contribution is 0.103. The van der Waals surface area contributed by atoms with E-state index >= 15 is 0 Å². The van der Waals surface area contributed by atoms with Crippen LogP contribution in [0, 0.1) is 5.82 Å². The second kappa shape index (κ2) is 11.2. The maximum atomic E-state index is 14.3. The number of nitrogens with zero attached hydrogens (tertiary/aromatic N) is 1. The number of phenolic OH excluding ortho intramolecular Hbond substituents is 1. The number of aromatic hydroxyl groups is 1. The van der Waals surface area contributed by atoms with Crippen LogP contribution in [-0.4, -0.2) is 42.5 Å². The van der Waals surface area contributed by atoms with E-state index in [0.717, 1.165) is 38.8 Å². The summed E-state index contributed by atoms with van der Waals surface area (Å²) >= 11 is 0. The van der Waals surface area contributed by atoms with Crippen LogP contribution in [0.1, 0.15) is 41.6 Å². The number of hydrogen-bond acceptors (Lipinski definition) is 4. The third kappa shape index (κ3) is 6.82. The molecule has 0 heterocycles. The van der Waals surface area contributed by atoms with Crippen LogP contribution in [0.15, 0.2) is 55.1 Å². The van der Waals surface area contributed by atoms with Gasteiger partial charge in [-0.05, 0) is 62.8 Å². The van der Waals surface area contributed by atoms with Gasteiger partial charge in [-0.3, -0.25) is 4.79 Å². The number of ketones is 1. The molecule has 2 aromatic carbocycles. The summed E-state index contributed by atoms with van der Waals surface area (Å²) in [5.41, 5.74) is 0.311. The Morgan fingerprint density at radius 3 is 2.54 bits per heavy atom. The van der Waals surface area contributed by atoms with Gasteiger partial charge in [0, 0.05) is 18.2 Å². The largest absolute Gasteiger partial charge is 0.508 e. The molecule has 0 atom stereocenters. The van der Waals surface area contributed by atoms with E-state index in [1.807, 2.05) is 6.08 Å². The third-order valence-corrected chi connectivity index (χ3v) is 4.46. The van der Waals surface area contributed by atoms with Gasteiger partial charge in [0.25, 0.3) is 0 Å². The van der Waals surface area contributed by atoms with E-state index < -0.39 is 11.6 Å². The number of phenols is 1. The van der Waals surface area contributed by atoms with Gasteiger partial charge in [-0.25, -0.2) is 4.39 Å². The smallest absolute Gasteiger partial charge is 0.195 e. The highest BCUT2D eigenvalue weighted by Crippen LogP contribution is 2.21. The number of carbonyl (C=O) groups is 1. The minimum absolute atomic E-state index is 0.0123. The standard InChI is InChI=1S/C23H28FNO3/c1-3-14-25(2)15-6-4-5-7-16-28-20-12-13-21(22(24)17-20)23(27)18-8-10-19(26)11-9-18/h3,8-13,17,26H,1,4-7,14-16H2,2H3. The Morgan fingerprint density at radius 1 is 1.14 bits per heavy atom. The molecule has 0 radical (unpaired) electrons. The number of carbonyl (C=O) groups excluding carboxylic acids is 1. The van der Waals surface area contributed by atoms with Gasteiger partial charge in [-0.2, -0.15) is 0 Å². The molecular weight excluding hydrogens is 357 g/mol. The summed E-state index contributed by atoms with van der Waals surface area (Å²) in [6.45, 7) is 6.20. The summed E-state index contributed by atoms with van der Waals surface area (Å²) in [6.07, 6.45) is 6.12. The molecule has 2 rings (SSSR count). The molecule has 2 aromatic rings. The summed E-state index contributed by atoms with van der Waals surface area (Å²) in [5, 5.41) is 9.29. The molecule has 0 aliphatic rings. The maximum absolute atomic E-state index is 14.3. The molecule has 0 bridgehead atoms. The van der Waals surface area contributed by atoms with Crippen LogP contribution < -0.4 is 4.74 Å². The molecule has 0 aliphatic heterocycles. The molecule has 28 heavy (non-hydrogen) atoms. The van der Waals surface area contributed by atoms with Gasteiger partial charge in [0.2, 0.25) is 0 Å². The Hall–Kier alpha value is -2.66. The fourth-order valence-corrected chi connectivity index (χ4v) is 2.88. The molecule has 1 N–H and O–H groups in total. The Bertz CT molecular complexity index is 774. The van der Waals surface area contributed by atoms with E-state index in [1.54, 1.807) is 6.07 Å². The van der Waals surface area contributed by atoms with Crippen LogP contribution in [0.3, 0.4) is 0 Å². The summed E-state index contributed by atoms with van der Waals surface area (Å²) in [7, 11) is 2.08. The number of likely N-dealkylation sites (N-methyl/N-ethyl adjacent to an activating group) is 1. The van der Waals surface area contributed by atoms with Gasteiger partial charge in [-0.1, -0.05) is 18.9 Å². The normalized spacial score (nSPS) is 10.8. The summed E-state index contributed by atoms with van der Waals surface area (Å²) in [6, 6.07) is 10.0. The molecule has 0 unspecified atom stereocenters. The number of rotatable bonds is 12. The summed E-state index contributed by atoms with van der Waals surface area (Å²) in [4.78, 5) is 14.6. The molecule has 0 aliphatic carbocycles. The SMILES string of the molecule is C=CCN(C)CCCCCCOc1ccc(C(=O)c2ccc(O)cc2)c(F)c1. The highest BCUT2D eigenvalue weighted by atomic mass is 19.1. The van der Waals surface area contributed by atoms with Crippen molar-refractivity contribution in [1.82, 2.24) is 4.90 Å². The van der Waals surface area contributed by atoms with E-state index in [2.05, 4.69) is 18.5 Å². The molecule has 0 amide bonds. The zero-order valence-electron chi connectivity index (χ0n) is 16.4. The lowest BCUT2D eigenvalue weighted by atomic mass is 10.0. The van der Waals surface area contributed by atoms with E-state index in [-0.39, 0.29) is 11.3 Å². The zero-order chi connectivity index (χ0) is 20.4. The molecule has 0 fully saturated rings. The first kappa shape index (κ1) is 21.6. The number of hydrogen-bond donors (Lipinski definition) is 1. The monoisotopic (exact) mass is 385 g/mol. The van der Waals surface area contributed by atoms with E-state index in [9.17, 15) is 14.3 Å². The number of halogens is 1. The average molecular weight is 385 g/mol. The first-order valence-corrected chi connectivity index (χ1v) is 9.57. The molecule has 5 heteroatoms. The van der Waals surface area contributed by atoms with Gasteiger partial charge >= 0.3 is 0 Å². The van der Waals surface area contributed by atoms with E-state index in [1.165, 1.54) is 36.4 Å². The van der Waals surface area contributed by atoms with Crippen molar-refractivity contribution in [3.8, 4) is 11.5 Å². The van der Waals surface area contributed by atoms with Crippen LogP contribution in [-0.2, 0) is 0 Å². The summed E-state index contributed by atoms with van der Waals surface area (Å²) in [5.74, 6) is -0.554. The minimum atomic E-state index is -0.610. The van der Waals surface area contributed by atoms with Gasteiger partial charge in [0.15, 0.2) is 5.78 Å². The number of unbranched alkanes of at least 4 members (excludes halogenated alkanes) is 3. The Kier molecular flexibility index (Phi) is 8.69. The van der Waals surface area contributed by atoms with Crippen molar-refractivity contribution in [2.75, 3.05) is 26.7 Å². The fraction of sp³-hybridized carbons (Fsp3) is 0.348. The lowest BCUT2D eigenvalue weighted by Crippen LogP contribution is -2.19. The molecule has 0 saturated heterocycles. The predicted molar refractivity (Wildman–Crippen MR) is 110 cm³/mol. The van der Waals surface area contributed by atoms with Crippen LogP contribution in [0.4, 0.5) is 4.39 Å². The molecule has 0 aromatic heterocycles. The first-order chi connectivity index (χ1) is 13.5. The van der Waals surface area contributed by atoms with Crippen molar-refractivity contribution in [3.05, 3.63) is 72.1 Å². The van der Waals surface area contributed by atoms with Crippen LogP contribution in [0.2, 0.25) is 0 Å². The number of benzene rings is 2. The zero-order valence-corrected chi connectivity index (χ0v) is 16.4. The van der Waals surface area contributed by atoms with Crippen molar-refractivity contribution in [1.29, 1.82) is 0 Å². The highest BCUT2D eigenvalue weighted by Gasteiger charge is 2.15. The van der Waals surface area contributed by atoms with Crippen molar-refractivity contribution in [3.63, 3.8) is 0 Å².